The van der Waals surface area contributed by atoms with Gasteiger partial charge in [-0.1, -0.05) is 297 Å². The summed E-state index contributed by atoms with van der Waals surface area (Å²) >= 11 is 0. The van der Waals surface area contributed by atoms with Crippen molar-refractivity contribution in [1.29, 1.82) is 0 Å². The number of carbonyl (C=O) groups excluding carboxylic acids is 4. The van der Waals surface area contributed by atoms with Gasteiger partial charge >= 0.3 is 39.5 Å². The van der Waals surface area contributed by atoms with E-state index >= 15 is 0 Å². The highest BCUT2D eigenvalue weighted by molar-refractivity contribution is 7.47. The molecule has 0 fully saturated rings. The van der Waals surface area contributed by atoms with Crippen LogP contribution in [-0.2, 0) is 65.4 Å². The average molecular weight is 1270 g/mol. The first-order chi connectivity index (χ1) is 41.7. The maximum Gasteiger partial charge on any atom is 0.472 e. The van der Waals surface area contributed by atoms with Gasteiger partial charge in [0.25, 0.3) is 0 Å². The van der Waals surface area contributed by atoms with E-state index in [2.05, 4.69) is 27.7 Å². The Bertz CT molecular complexity index is 1650. The summed E-state index contributed by atoms with van der Waals surface area (Å²) in [6.45, 7) is 4.92. The number of aliphatic hydroxyl groups is 1. The third kappa shape index (κ3) is 60.9. The third-order valence-corrected chi connectivity index (χ3v) is 17.5. The summed E-state index contributed by atoms with van der Waals surface area (Å²) in [4.78, 5) is 72.4. The van der Waals surface area contributed by atoms with Gasteiger partial charge in [-0.05, 0) is 25.7 Å². The Labute approximate surface area is 524 Å². The summed E-state index contributed by atoms with van der Waals surface area (Å²) in [5.41, 5.74) is 0. The number of carbonyl (C=O) groups is 4. The van der Waals surface area contributed by atoms with Crippen LogP contribution < -0.4 is 0 Å². The summed E-state index contributed by atoms with van der Waals surface area (Å²) in [7, 11) is -9.89. The quantitative estimate of drug-likeness (QED) is 0.0222. The van der Waals surface area contributed by atoms with E-state index in [4.69, 9.17) is 37.0 Å². The molecule has 0 spiro atoms. The van der Waals surface area contributed by atoms with Gasteiger partial charge in [0.2, 0.25) is 0 Å². The maximum atomic E-state index is 13.0. The zero-order chi connectivity index (χ0) is 63.3. The van der Waals surface area contributed by atoms with Crippen LogP contribution in [0.3, 0.4) is 0 Å². The van der Waals surface area contributed by atoms with Gasteiger partial charge in [-0.25, -0.2) is 9.13 Å². The number of aliphatic hydroxyl groups excluding tert-OH is 1. The lowest BCUT2D eigenvalue weighted by atomic mass is 10.0. The number of ether oxygens (including phenoxy) is 4. The minimum Gasteiger partial charge on any atom is -0.462 e. The Morgan fingerprint density at radius 3 is 0.686 bits per heavy atom. The minimum absolute atomic E-state index is 0.107. The Morgan fingerprint density at radius 2 is 0.465 bits per heavy atom. The van der Waals surface area contributed by atoms with Crippen molar-refractivity contribution < 1.29 is 80.2 Å². The standard InChI is InChI=1S/C67H130O17P2/c1-5-9-13-17-21-25-29-31-34-38-42-46-50-54-67(72)84-63(58-78-65(70)52-48-44-40-36-33-30-26-22-18-14-10-6-2)60-82-86(75,76)80-56-61(68)55-79-85(73,74)81-59-62(57-77-64(69)51-47-43-39-35-28-24-20-16-12-8-4)83-66(71)53-49-45-41-37-32-27-23-19-15-11-7-3/h61-63,68H,5-60H2,1-4H3,(H,73,74)(H,75,76)/t61-,62+,63+/m0/s1. The highest BCUT2D eigenvalue weighted by Crippen LogP contribution is 2.45. The van der Waals surface area contributed by atoms with Gasteiger partial charge in [-0.2, -0.15) is 0 Å². The molecule has 5 atom stereocenters. The largest absolute Gasteiger partial charge is 0.472 e. The Balaban J connectivity index is 5.24. The lowest BCUT2D eigenvalue weighted by Crippen LogP contribution is -2.30. The normalized spacial score (nSPS) is 14.1. The first-order valence-electron chi connectivity index (χ1n) is 35.3. The van der Waals surface area contributed by atoms with Crippen LogP contribution in [0.1, 0.15) is 349 Å². The van der Waals surface area contributed by atoms with Gasteiger partial charge in [0, 0.05) is 25.7 Å². The number of unbranched alkanes of at least 4 members (excludes halogenated alkanes) is 42. The van der Waals surface area contributed by atoms with Gasteiger partial charge in [-0.15, -0.1) is 0 Å². The van der Waals surface area contributed by atoms with Gasteiger partial charge in [-0.3, -0.25) is 37.3 Å². The molecule has 0 radical (unpaired) electrons. The second-order valence-electron chi connectivity index (χ2n) is 24.2. The molecule has 0 aliphatic carbocycles. The first kappa shape index (κ1) is 84.1. The zero-order valence-corrected chi connectivity index (χ0v) is 57.1. The second-order valence-corrected chi connectivity index (χ2v) is 27.1. The fourth-order valence-corrected chi connectivity index (χ4v) is 11.7. The lowest BCUT2D eigenvalue weighted by molar-refractivity contribution is -0.161. The molecule has 0 saturated carbocycles. The first-order valence-corrected chi connectivity index (χ1v) is 38.3. The van der Waals surface area contributed by atoms with Crippen molar-refractivity contribution in [3.05, 3.63) is 0 Å². The van der Waals surface area contributed by atoms with E-state index < -0.39 is 97.5 Å². The molecule has 0 saturated heterocycles. The monoisotopic (exact) mass is 1270 g/mol. The molecule has 0 aromatic heterocycles. The predicted molar refractivity (Wildman–Crippen MR) is 345 cm³/mol. The molecule has 86 heavy (non-hydrogen) atoms. The van der Waals surface area contributed by atoms with Crippen molar-refractivity contribution in [2.75, 3.05) is 39.6 Å². The molecule has 510 valence electrons. The van der Waals surface area contributed by atoms with E-state index in [1.54, 1.807) is 0 Å². The number of hydrogen-bond donors (Lipinski definition) is 3. The summed E-state index contributed by atoms with van der Waals surface area (Å²) in [5, 5.41) is 10.6. The van der Waals surface area contributed by atoms with Crippen molar-refractivity contribution in [2.24, 2.45) is 0 Å². The maximum absolute atomic E-state index is 13.0. The SMILES string of the molecule is CCCCCCCCCCCCCCCC(=O)O[C@H](COC(=O)CCCCCCCCCCCCCC)COP(=O)(O)OC[C@@H](O)COP(=O)(O)OC[C@@H](COC(=O)CCCCCCCCCCCC)OC(=O)CCCCCCCCCCCCC. The van der Waals surface area contributed by atoms with E-state index in [0.717, 1.165) is 89.9 Å². The average Bonchev–Trinajstić information content (AvgIpc) is 3.58. The molecule has 19 heteroatoms. The molecular weight excluding hydrogens is 1140 g/mol. The topological polar surface area (TPSA) is 237 Å². The molecule has 0 aliphatic heterocycles. The molecule has 0 rings (SSSR count). The van der Waals surface area contributed by atoms with Crippen LogP contribution in [0.25, 0.3) is 0 Å². The van der Waals surface area contributed by atoms with Crippen molar-refractivity contribution in [1.82, 2.24) is 0 Å². The van der Waals surface area contributed by atoms with Gasteiger partial charge in [0.15, 0.2) is 12.2 Å². The van der Waals surface area contributed by atoms with Gasteiger partial charge < -0.3 is 33.8 Å². The van der Waals surface area contributed by atoms with Gasteiger partial charge in [0.05, 0.1) is 26.4 Å². The molecule has 0 heterocycles. The zero-order valence-electron chi connectivity index (χ0n) is 55.3. The van der Waals surface area contributed by atoms with Crippen LogP contribution in [0.2, 0.25) is 0 Å². The molecular formula is C67H130O17P2. The molecule has 0 aromatic carbocycles. The number of hydrogen-bond acceptors (Lipinski definition) is 15. The van der Waals surface area contributed by atoms with Crippen LogP contribution in [0.5, 0.6) is 0 Å². The predicted octanol–water partition coefficient (Wildman–Crippen LogP) is 19.1. The molecule has 0 amide bonds. The fourth-order valence-electron chi connectivity index (χ4n) is 10.2. The molecule has 3 N–H and O–H groups in total. The van der Waals surface area contributed by atoms with Crippen LogP contribution in [0.4, 0.5) is 0 Å². The highest BCUT2D eigenvalue weighted by atomic mass is 31.2. The van der Waals surface area contributed by atoms with E-state index in [9.17, 15) is 43.2 Å². The number of esters is 4. The fraction of sp³-hybridized carbons (Fsp3) is 0.940. The molecule has 0 aromatic rings. The van der Waals surface area contributed by atoms with Crippen LogP contribution >= 0.6 is 15.6 Å². The molecule has 17 nitrogen and oxygen atoms in total. The Kier molecular flexibility index (Phi) is 60.5. The summed E-state index contributed by atoms with van der Waals surface area (Å²) in [6, 6.07) is 0. The molecule has 0 aliphatic rings. The van der Waals surface area contributed by atoms with E-state index in [-0.39, 0.29) is 25.7 Å². The van der Waals surface area contributed by atoms with Crippen molar-refractivity contribution >= 4 is 39.5 Å². The summed E-state index contributed by atoms with van der Waals surface area (Å²) in [6.07, 6.45) is 48.3. The van der Waals surface area contributed by atoms with Crippen molar-refractivity contribution in [3.8, 4) is 0 Å². The van der Waals surface area contributed by atoms with E-state index in [1.807, 2.05) is 0 Å². The van der Waals surface area contributed by atoms with Crippen molar-refractivity contribution in [3.63, 3.8) is 0 Å². The van der Waals surface area contributed by atoms with Crippen LogP contribution in [0, 0.1) is 0 Å². The molecule has 0 bridgehead atoms. The van der Waals surface area contributed by atoms with Crippen LogP contribution in [0.15, 0.2) is 0 Å². The van der Waals surface area contributed by atoms with E-state index in [1.165, 1.54) is 180 Å². The molecule has 2 unspecified atom stereocenters. The minimum atomic E-state index is -4.95. The lowest BCUT2D eigenvalue weighted by Gasteiger charge is -2.21. The van der Waals surface area contributed by atoms with E-state index in [0.29, 0.717) is 25.7 Å². The second kappa shape index (κ2) is 61.9. The number of rotatable bonds is 68. The summed E-state index contributed by atoms with van der Waals surface area (Å²) < 4.78 is 68.1. The van der Waals surface area contributed by atoms with Gasteiger partial charge in [0.1, 0.15) is 19.3 Å². The highest BCUT2D eigenvalue weighted by Gasteiger charge is 2.30. The number of phosphoric ester groups is 2. The third-order valence-electron chi connectivity index (χ3n) is 15.6. The Morgan fingerprint density at radius 1 is 0.279 bits per heavy atom. The number of phosphoric acid groups is 2. The van der Waals surface area contributed by atoms with Crippen molar-refractivity contribution in [2.45, 2.75) is 367 Å². The van der Waals surface area contributed by atoms with Crippen LogP contribution in [-0.4, -0.2) is 96.7 Å². The smallest absolute Gasteiger partial charge is 0.462 e. The Hall–Kier alpha value is -1.94. The summed E-state index contributed by atoms with van der Waals surface area (Å²) in [5.74, 6) is -2.12.